The van der Waals surface area contributed by atoms with Crippen LogP contribution in [0.15, 0.2) is 24.4 Å². The predicted molar refractivity (Wildman–Crippen MR) is 62.9 cm³/mol. The lowest BCUT2D eigenvalue weighted by atomic mass is 9.99. The van der Waals surface area contributed by atoms with Crippen LogP contribution in [0, 0.1) is 20.8 Å². The summed E-state index contributed by atoms with van der Waals surface area (Å²) in [5.74, 6) is 0. The molecule has 0 spiro atoms. The number of hydrogen-bond acceptors (Lipinski definition) is 1. The highest BCUT2D eigenvalue weighted by Crippen LogP contribution is 2.25. The molecule has 0 amide bonds. The lowest BCUT2D eigenvalue weighted by Gasteiger charge is -2.09. The Bertz CT molecular complexity index is 495. The molecule has 0 fully saturated rings. The molecule has 1 aromatic heterocycles. The fourth-order valence-electron chi connectivity index (χ4n) is 1.87. The molecule has 0 radical (unpaired) electrons. The summed E-state index contributed by atoms with van der Waals surface area (Å²) in [6, 6.07) is 6.52. The maximum Gasteiger partial charge on any atom is 0.0681 e. The molecule has 0 N–H and O–H groups in total. The minimum absolute atomic E-state index is 1.18. The maximum absolute atomic E-state index is 4.20. The molecule has 2 heteroatoms. The molecule has 1 heterocycles. The zero-order valence-electron chi connectivity index (χ0n) is 9.70. The van der Waals surface area contributed by atoms with Gasteiger partial charge in [-0.2, -0.15) is 5.10 Å². The van der Waals surface area contributed by atoms with Gasteiger partial charge in [0.1, 0.15) is 0 Å². The van der Waals surface area contributed by atoms with Gasteiger partial charge in [-0.1, -0.05) is 6.07 Å². The Morgan fingerprint density at radius 3 is 2.27 bits per heavy atom. The summed E-state index contributed by atoms with van der Waals surface area (Å²) < 4.78 is 1.91. The first-order valence-electron chi connectivity index (χ1n) is 5.16. The van der Waals surface area contributed by atoms with Crippen LogP contribution in [0.5, 0.6) is 0 Å². The van der Waals surface area contributed by atoms with Gasteiger partial charge >= 0.3 is 0 Å². The molecule has 0 aliphatic rings. The molecule has 2 aromatic rings. The Morgan fingerprint density at radius 2 is 1.67 bits per heavy atom. The van der Waals surface area contributed by atoms with E-state index in [2.05, 4.69) is 44.1 Å². The summed E-state index contributed by atoms with van der Waals surface area (Å²) >= 11 is 0. The number of aryl methyl sites for hydroxylation is 4. The van der Waals surface area contributed by atoms with Crippen LogP contribution in [0.3, 0.4) is 0 Å². The van der Waals surface area contributed by atoms with Gasteiger partial charge in [-0.15, -0.1) is 0 Å². The van der Waals surface area contributed by atoms with Crippen molar-refractivity contribution in [2.45, 2.75) is 20.8 Å². The monoisotopic (exact) mass is 200 g/mol. The fraction of sp³-hybridized carbons (Fsp3) is 0.308. The van der Waals surface area contributed by atoms with E-state index in [1.807, 2.05) is 17.9 Å². The SMILES string of the molecule is Cc1cc(C)c(-c2ccnn2C)cc1C. The molecule has 0 aliphatic heterocycles. The van der Waals surface area contributed by atoms with Crippen LogP contribution in [-0.4, -0.2) is 9.78 Å². The minimum Gasteiger partial charge on any atom is -0.268 e. The summed E-state index contributed by atoms with van der Waals surface area (Å²) in [5.41, 5.74) is 6.44. The van der Waals surface area contributed by atoms with Gasteiger partial charge in [0.25, 0.3) is 0 Å². The van der Waals surface area contributed by atoms with Gasteiger partial charge in [-0.05, 0) is 49.6 Å². The maximum atomic E-state index is 4.20. The molecular formula is C13H16N2. The molecule has 0 aliphatic carbocycles. The molecule has 2 nitrogen and oxygen atoms in total. The highest BCUT2D eigenvalue weighted by Gasteiger charge is 2.07. The standard InChI is InChI=1S/C13H16N2/c1-9-7-11(3)12(8-10(9)2)13-5-6-14-15(13)4/h5-8H,1-4H3. The van der Waals surface area contributed by atoms with E-state index in [1.165, 1.54) is 27.9 Å². The van der Waals surface area contributed by atoms with E-state index in [4.69, 9.17) is 0 Å². The summed E-state index contributed by atoms with van der Waals surface area (Å²) in [7, 11) is 1.98. The van der Waals surface area contributed by atoms with E-state index in [0.717, 1.165) is 0 Å². The molecule has 1 aromatic carbocycles. The van der Waals surface area contributed by atoms with Gasteiger partial charge in [-0.3, -0.25) is 4.68 Å². The number of nitrogens with zero attached hydrogens (tertiary/aromatic N) is 2. The van der Waals surface area contributed by atoms with Crippen molar-refractivity contribution in [3.8, 4) is 11.3 Å². The Morgan fingerprint density at radius 1 is 1.00 bits per heavy atom. The van der Waals surface area contributed by atoms with Crippen LogP contribution in [0.4, 0.5) is 0 Å². The first-order valence-corrected chi connectivity index (χ1v) is 5.16. The minimum atomic E-state index is 1.18. The van der Waals surface area contributed by atoms with Crippen LogP contribution in [0.25, 0.3) is 11.3 Å². The highest BCUT2D eigenvalue weighted by atomic mass is 15.3. The first-order chi connectivity index (χ1) is 7.09. The van der Waals surface area contributed by atoms with E-state index in [0.29, 0.717) is 0 Å². The Hall–Kier alpha value is -1.57. The third-order valence-electron chi connectivity index (χ3n) is 2.94. The van der Waals surface area contributed by atoms with Crippen molar-refractivity contribution in [3.05, 3.63) is 41.1 Å². The number of rotatable bonds is 1. The van der Waals surface area contributed by atoms with Crippen molar-refractivity contribution in [2.75, 3.05) is 0 Å². The van der Waals surface area contributed by atoms with Crippen molar-refractivity contribution in [3.63, 3.8) is 0 Å². The zero-order chi connectivity index (χ0) is 11.0. The summed E-state index contributed by atoms with van der Waals surface area (Å²) in [6.07, 6.45) is 1.84. The second-order valence-electron chi connectivity index (χ2n) is 4.09. The van der Waals surface area contributed by atoms with Crippen molar-refractivity contribution in [2.24, 2.45) is 7.05 Å². The van der Waals surface area contributed by atoms with E-state index < -0.39 is 0 Å². The van der Waals surface area contributed by atoms with Crippen LogP contribution in [0.2, 0.25) is 0 Å². The van der Waals surface area contributed by atoms with Gasteiger partial charge < -0.3 is 0 Å². The highest BCUT2D eigenvalue weighted by molar-refractivity contribution is 5.65. The fourth-order valence-corrected chi connectivity index (χ4v) is 1.87. The van der Waals surface area contributed by atoms with E-state index in [1.54, 1.807) is 0 Å². The molecule has 0 bridgehead atoms. The van der Waals surface area contributed by atoms with Gasteiger partial charge in [-0.25, -0.2) is 0 Å². The molecular weight excluding hydrogens is 184 g/mol. The predicted octanol–water partition coefficient (Wildman–Crippen LogP) is 3.01. The number of benzene rings is 1. The Labute approximate surface area is 90.6 Å². The lowest BCUT2D eigenvalue weighted by molar-refractivity contribution is 0.775. The van der Waals surface area contributed by atoms with E-state index in [-0.39, 0.29) is 0 Å². The summed E-state index contributed by atoms with van der Waals surface area (Å²) in [6.45, 7) is 6.44. The van der Waals surface area contributed by atoms with Gasteiger partial charge in [0, 0.05) is 18.8 Å². The summed E-state index contributed by atoms with van der Waals surface area (Å²) in [5, 5.41) is 4.20. The van der Waals surface area contributed by atoms with Crippen LogP contribution < -0.4 is 0 Å². The van der Waals surface area contributed by atoms with Crippen molar-refractivity contribution < 1.29 is 0 Å². The van der Waals surface area contributed by atoms with Gasteiger partial charge in [0.2, 0.25) is 0 Å². The lowest BCUT2D eigenvalue weighted by Crippen LogP contribution is -1.96. The third kappa shape index (κ3) is 1.67. The number of hydrogen-bond donors (Lipinski definition) is 0. The molecule has 0 atom stereocenters. The van der Waals surface area contributed by atoms with Gasteiger partial charge in [0.15, 0.2) is 0 Å². The van der Waals surface area contributed by atoms with Crippen molar-refractivity contribution in [1.82, 2.24) is 9.78 Å². The number of aromatic nitrogens is 2. The Kier molecular flexibility index (Phi) is 2.35. The molecule has 0 saturated carbocycles. The first kappa shape index (κ1) is 9.97. The molecule has 15 heavy (non-hydrogen) atoms. The molecule has 2 rings (SSSR count). The van der Waals surface area contributed by atoms with E-state index >= 15 is 0 Å². The smallest absolute Gasteiger partial charge is 0.0681 e. The quantitative estimate of drug-likeness (QED) is 0.692. The van der Waals surface area contributed by atoms with Crippen molar-refractivity contribution >= 4 is 0 Å². The Balaban J connectivity index is 2.64. The van der Waals surface area contributed by atoms with Crippen LogP contribution >= 0.6 is 0 Å². The summed E-state index contributed by atoms with van der Waals surface area (Å²) in [4.78, 5) is 0. The second kappa shape index (κ2) is 3.54. The largest absolute Gasteiger partial charge is 0.268 e. The van der Waals surface area contributed by atoms with Crippen LogP contribution in [0.1, 0.15) is 16.7 Å². The average Bonchev–Trinajstić information content (AvgIpc) is 2.58. The second-order valence-corrected chi connectivity index (χ2v) is 4.09. The van der Waals surface area contributed by atoms with Gasteiger partial charge in [0.05, 0.1) is 5.69 Å². The van der Waals surface area contributed by atoms with Crippen LogP contribution in [-0.2, 0) is 7.05 Å². The molecule has 0 unspecified atom stereocenters. The third-order valence-corrected chi connectivity index (χ3v) is 2.94. The topological polar surface area (TPSA) is 17.8 Å². The molecule has 0 saturated heterocycles. The molecule has 78 valence electrons. The normalized spacial score (nSPS) is 10.7. The van der Waals surface area contributed by atoms with Crippen molar-refractivity contribution in [1.29, 1.82) is 0 Å². The zero-order valence-corrected chi connectivity index (χ0v) is 9.70. The average molecular weight is 200 g/mol. The van der Waals surface area contributed by atoms with E-state index in [9.17, 15) is 0 Å².